The molecule has 1 aromatic rings. The van der Waals surface area contributed by atoms with Crippen LogP contribution in [0.25, 0.3) is 0 Å². The molecule has 1 aliphatic rings. The lowest BCUT2D eigenvalue weighted by Gasteiger charge is -2.19. The van der Waals surface area contributed by atoms with Gasteiger partial charge in [-0.05, 0) is 56.0 Å². The van der Waals surface area contributed by atoms with Crippen molar-refractivity contribution in [1.82, 2.24) is 5.32 Å². The van der Waals surface area contributed by atoms with E-state index in [2.05, 4.69) is 10.6 Å². The van der Waals surface area contributed by atoms with Gasteiger partial charge in [0.25, 0.3) is 10.1 Å². The summed E-state index contributed by atoms with van der Waals surface area (Å²) >= 11 is 0. The van der Waals surface area contributed by atoms with E-state index in [0.717, 1.165) is 30.8 Å². The molecule has 4 N–H and O–H groups in total. The van der Waals surface area contributed by atoms with E-state index in [1.54, 1.807) is 0 Å². The minimum Gasteiger partial charge on any atom is -0.481 e. The van der Waals surface area contributed by atoms with Crippen LogP contribution in [0.1, 0.15) is 18.4 Å². The Morgan fingerprint density at radius 1 is 1.40 bits per heavy atom. The fraction of sp³-hybridized carbons (Fsp3) is 0.562. The van der Waals surface area contributed by atoms with Gasteiger partial charge in [-0.1, -0.05) is 12.1 Å². The van der Waals surface area contributed by atoms with Crippen molar-refractivity contribution in [3.8, 4) is 0 Å². The summed E-state index contributed by atoms with van der Waals surface area (Å²) in [7, 11) is -3.93. The first-order valence-corrected chi connectivity index (χ1v) is 9.67. The molecule has 2 rings (SSSR count). The highest BCUT2D eigenvalue weighted by Gasteiger charge is 2.30. The average molecular weight is 393 g/mol. The number of halogens is 1. The van der Waals surface area contributed by atoms with Crippen molar-refractivity contribution in [2.45, 2.75) is 19.3 Å². The molecule has 1 heterocycles. The highest BCUT2D eigenvalue weighted by Crippen LogP contribution is 2.24. The summed E-state index contributed by atoms with van der Waals surface area (Å²) in [5, 5.41) is 15.8. The van der Waals surface area contributed by atoms with Crippen LogP contribution in [-0.4, -0.2) is 49.4 Å². The summed E-state index contributed by atoms with van der Waals surface area (Å²) < 4.78 is 30.0. The van der Waals surface area contributed by atoms with Gasteiger partial charge in [0, 0.05) is 12.2 Å². The molecule has 7 nitrogen and oxygen atoms in total. The van der Waals surface area contributed by atoms with Crippen LogP contribution in [0.3, 0.4) is 0 Å². The monoisotopic (exact) mass is 392 g/mol. The first kappa shape index (κ1) is 21.7. The number of hydrogen-bond donors (Lipinski definition) is 4. The summed E-state index contributed by atoms with van der Waals surface area (Å²) in [5.41, 5.74) is 1.76. The molecular weight excluding hydrogens is 368 g/mol. The van der Waals surface area contributed by atoms with Crippen LogP contribution in [-0.2, 0) is 21.3 Å². The predicted molar refractivity (Wildman–Crippen MR) is 99.0 cm³/mol. The summed E-state index contributed by atoms with van der Waals surface area (Å²) in [5.74, 6) is -1.31. The fourth-order valence-electron chi connectivity index (χ4n) is 3.03. The van der Waals surface area contributed by atoms with Gasteiger partial charge < -0.3 is 15.7 Å². The maximum Gasteiger partial charge on any atom is 0.307 e. The Hall–Kier alpha value is -1.35. The van der Waals surface area contributed by atoms with E-state index in [1.807, 2.05) is 24.3 Å². The van der Waals surface area contributed by atoms with Gasteiger partial charge in [-0.25, -0.2) is 0 Å². The predicted octanol–water partition coefficient (Wildman–Crippen LogP) is 1.65. The lowest BCUT2D eigenvalue weighted by Crippen LogP contribution is -2.27. The number of benzene rings is 1. The molecule has 0 unspecified atom stereocenters. The number of nitrogens with one attached hydrogen (secondary N) is 2. The molecule has 0 aromatic heterocycles. The lowest BCUT2D eigenvalue weighted by molar-refractivity contribution is -0.143. The van der Waals surface area contributed by atoms with E-state index in [9.17, 15) is 18.3 Å². The smallest absolute Gasteiger partial charge is 0.307 e. The van der Waals surface area contributed by atoms with E-state index in [4.69, 9.17) is 4.55 Å². The third kappa shape index (κ3) is 7.60. The normalized spacial score (nSPS) is 18.4. The van der Waals surface area contributed by atoms with Crippen molar-refractivity contribution in [3.63, 3.8) is 0 Å². The van der Waals surface area contributed by atoms with Crippen LogP contribution in [0.4, 0.5) is 5.69 Å². The van der Waals surface area contributed by atoms with Crippen molar-refractivity contribution in [3.05, 3.63) is 29.8 Å². The number of carboxylic acid groups (broad SMARTS) is 1. The molecule has 0 aliphatic carbocycles. The van der Waals surface area contributed by atoms with E-state index < -0.39 is 22.0 Å². The second kappa shape index (κ2) is 9.96. The third-order valence-corrected chi connectivity index (χ3v) is 5.08. The molecule has 0 radical (unpaired) electrons. The molecule has 1 fully saturated rings. The van der Waals surface area contributed by atoms with Crippen LogP contribution in [0.5, 0.6) is 0 Å². The zero-order chi connectivity index (χ0) is 17.6. The van der Waals surface area contributed by atoms with Crippen molar-refractivity contribution in [2.75, 3.05) is 30.7 Å². The van der Waals surface area contributed by atoms with Crippen LogP contribution >= 0.6 is 12.4 Å². The number of carbonyl (C=O) groups is 1. The number of hydrogen-bond acceptors (Lipinski definition) is 5. The van der Waals surface area contributed by atoms with Gasteiger partial charge in [-0.15, -0.1) is 12.4 Å². The average Bonchev–Trinajstić information content (AvgIpc) is 3.02. The molecule has 0 saturated carbocycles. The van der Waals surface area contributed by atoms with Gasteiger partial charge in [0.1, 0.15) is 0 Å². The molecule has 0 amide bonds. The fourth-order valence-corrected chi connectivity index (χ4v) is 3.53. The van der Waals surface area contributed by atoms with Crippen LogP contribution in [0.2, 0.25) is 0 Å². The standard InChI is InChI=1S/C16H24N2O5S.ClH/c19-16(20)15(13-5-7-17-11-13)10-12-3-1-4-14(9-12)18-6-2-8-24(21,22)23;/h1,3-4,9,13,15,17-18H,2,5-8,10-11H2,(H,19,20)(H,21,22,23);1H/t13-,15-;/m0./s1. The topological polar surface area (TPSA) is 116 Å². The number of aliphatic carboxylic acids is 1. The Morgan fingerprint density at radius 3 is 2.76 bits per heavy atom. The van der Waals surface area contributed by atoms with Crippen molar-refractivity contribution in [2.24, 2.45) is 11.8 Å². The molecule has 2 atom stereocenters. The number of carboxylic acids is 1. The largest absolute Gasteiger partial charge is 0.481 e. The highest BCUT2D eigenvalue weighted by atomic mass is 35.5. The van der Waals surface area contributed by atoms with Gasteiger partial charge in [0.2, 0.25) is 0 Å². The molecule has 1 aromatic carbocycles. The summed E-state index contributed by atoms with van der Waals surface area (Å²) in [6.45, 7) is 2.02. The van der Waals surface area contributed by atoms with Gasteiger partial charge in [-0.3, -0.25) is 9.35 Å². The lowest BCUT2D eigenvalue weighted by atomic mass is 9.86. The SMILES string of the molecule is Cl.O=C(O)[C@@H](Cc1cccc(NCCCS(=O)(=O)O)c1)[C@H]1CCNC1. The van der Waals surface area contributed by atoms with Crippen LogP contribution in [0, 0.1) is 11.8 Å². The van der Waals surface area contributed by atoms with Crippen LogP contribution < -0.4 is 10.6 Å². The Morgan fingerprint density at radius 2 is 2.16 bits per heavy atom. The quantitative estimate of drug-likeness (QED) is 0.373. The van der Waals surface area contributed by atoms with E-state index in [0.29, 0.717) is 19.4 Å². The van der Waals surface area contributed by atoms with E-state index >= 15 is 0 Å². The molecule has 0 spiro atoms. The zero-order valence-corrected chi connectivity index (χ0v) is 15.5. The molecule has 0 bridgehead atoms. The number of rotatable bonds is 9. The maximum absolute atomic E-state index is 11.6. The first-order chi connectivity index (χ1) is 11.3. The third-order valence-electron chi connectivity index (χ3n) is 4.28. The number of anilines is 1. The molecule has 142 valence electrons. The Balaban J connectivity index is 0.00000312. The van der Waals surface area contributed by atoms with Gasteiger partial charge in [0.15, 0.2) is 0 Å². The van der Waals surface area contributed by atoms with Crippen molar-refractivity contribution < 1.29 is 22.9 Å². The highest BCUT2D eigenvalue weighted by molar-refractivity contribution is 7.85. The minimum absolute atomic E-state index is 0. The second-order valence-corrected chi connectivity index (χ2v) is 7.74. The summed E-state index contributed by atoms with van der Waals surface area (Å²) in [4.78, 5) is 11.6. The zero-order valence-electron chi connectivity index (χ0n) is 13.8. The molecule has 25 heavy (non-hydrogen) atoms. The van der Waals surface area contributed by atoms with Crippen LogP contribution in [0.15, 0.2) is 24.3 Å². The summed E-state index contributed by atoms with van der Waals surface area (Å²) in [6.07, 6.45) is 1.65. The maximum atomic E-state index is 11.6. The Labute approximate surface area is 154 Å². The van der Waals surface area contributed by atoms with Gasteiger partial charge >= 0.3 is 5.97 Å². The molecule has 1 saturated heterocycles. The second-order valence-electron chi connectivity index (χ2n) is 6.17. The van der Waals surface area contributed by atoms with E-state index in [-0.39, 0.29) is 24.1 Å². The van der Waals surface area contributed by atoms with Crippen molar-refractivity contribution in [1.29, 1.82) is 0 Å². The van der Waals surface area contributed by atoms with E-state index in [1.165, 1.54) is 0 Å². The first-order valence-electron chi connectivity index (χ1n) is 8.06. The summed E-state index contributed by atoms with van der Waals surface area (Å²) in [6, 6.07) is 7.50. The molecular formula is C16H25ClN2O5S. The van der Waals surface area contributed by atoms with Crippen molar-refractivity contribution >= 4 is 34.2 Å². The minimum atomic E-state index is -3.93. The molecule has 1 aliphatic heterocycles. The Bertz CT molecular complexity index is 662. The van der Waals surface area contributed by atoms with Gasteiger partial charge in [0.05, 0.1) is 11.7 Å². The molecule has 9 heteroatoms. The Kier molecular flexibility index (Phi) is 8.64. The van der Waals surface area contributed by atoms with Gasteiger partial charge in [-0.2, -0.15) is 8.42 Å².